The lowest BCUT2D eigenvalue weighted by molar-refractivity contribution is -0.137. The molecule has 0 aromatic heterocycles. The quantitative estimate of drug-likeness (QED) is 0.672. The first-order valence-corrected chi connectivity index (χ1v) is 7.65. The van der Waals surface area contributed by atoms with Crippen LogP contribution in [0, 0.1) is 0 Å². The zero-order chi connectivity index (χ0) is 15.3. The monoisotopic (exact) mass is 357 g/mol. The van der Waals surface area contributed by atoms with Gasteiger partial charge in [-0.05, 0) is 29.8 Å². The zero-order valence-electron chi connectivity index (χ0n) is 11.3. The van der Waals surface area contributed by atoms with Gasteiger partial charge in [0.2, 0.25) is 0 Å². The Morgan fingerprint density at radius 2 is 1.52 bits per heavy atom. The van der Waals surface area contributed by atoms with Gasteiger partial charge in [-0.2, -0.15) is 13.2 Å². The van der Waals surface area contributed by atoms with Crippen LogP contribution in [0.2, 0.25) is 0 Å². The number of rotatable bonds is 5. The Morgan fingerprint density at radius 1 is 0.905 bits per heavy atom. The molecule has 2 aromatic rings. The largest absolute Gasteiger partial charge is 0.416 e. The number of alkyl halides is 4. The second kappa shape index (κ2) is 6.98. The van der Waals surface area contributed by atoms with Crippen molar-refractivity contribution in [2.45, 2.75) is 12.7 Å². The zero-order valence-corrected chi connectivity index (χ0v) is 12.9. The maximum atomic E-state index is 12.6. The minimum Gasteiger partial charge on any atom is -0.366 e. The van der Waals surface area contributed by atoms with Crippen LogP contribution in [-0.2, 0) is 12.7 Å². The summed E-state index contributed by atoms with van der Waals surface area (Å²) >= 11 is 3.39. The number of nitrogens with zero attached hydrogens (tertiary/aromatic N) is 1. The Kier molecular flexibility index (Phi) is 5.28. The number of benzene rings is 2. The van der Waals surface area contributed by atoms with Crippen molar-refractivity contribution in [3.8, 4) is 0 Å². The van der Waals surface area contributed by atoms with Crippen LogP contribution < -0.4 is 4.90 Å². The second-order valence-electron chi connectivity index (χ2n) is 4.64. The Balaban J connectivity index is 2.18. The van der Waals surface area contributed by atoms with Crippen LogP contribution in [0.1, 0.15) is 11.1 Å². The Labute approximate surface area is 130 Å². The molecule has 0 saturated heterocycles. The Bertz CT molecular complexity index is 552. The molecule has 2 aromatic carbocycles. The van der Waals surface area contributed by atoms with Crippen molar-refractivity contribution in [1.82, 2.24) is 0 Å². The molecular weight excluding hydrogens is 343 g/mol. The van der Waals surface area contributed by atoms with E-state index >= 15 is 0 Å². The maximum Gasteiger partial charge on any atom is 0.416 e. The first-order valence-electron chi connectivity index (χ1n) is 6.53. The normalized spacial score (nSPS) is 11.4. The molecule has 21 heavy (non-hydrogen) atoms. The van der Waals surface area contributed by atoms with E-state index in [4.69, 9.17) is 0 Å². The molecule has 0 saturated carbocycles. The fourth-order valence-corrected chi connectivity index (χ4v) is 2.49. The number of anilines is 1. The second-order valence-corrected chi connectivity index (χ2v) is 5.43. The lowest BCUT2D eigenvalue weighted by Crippen LogP contribution is -2.24. The summed E-state index contributed by atoms with van der Waals surface area (Å²) in [6.07, 6.45) is -4.29. The summed E-state index contributed by atoms with van der Waals surface area (Å²) in [5.74, 6) is 0. The minimum absolute atomic E-state index is 0.621. The Morgan fingerprint density at radius 3 is 2.05 bits per heavy atom. The molecule has 112 valence electrons. The molecule has 0 N–H and O–H groups in total. The minimum atomic E-state index is -4.29. The van der Waals surface area contributed by atoms with Crippen LogP contribution in [0.4, 0.5) is 18.9 Å². The standard InChI is InChI=1S/C16H15BrF3N/c17-10-11-21(12-13-4-2-1-3-5-13)15-8-6-14(7-9-15)16(18,19)20/h1-9H,10-12H2. The van der Waals surface area contributed by atoms with Crippen molar-refractivity contribution in [2.75, 3.05) is 16.8 Å². The molecule has 0 amide bonds. The molecule has 0 spiro atoms. The van der Waals surface area contributed by atoms with E-state index in [0.717, 1.165) is 35.3 Å². The average molecular weight is 358 g/mol. The highest BCUT2D eigenvalue weighted by molar-refractivity contribution is 9.09. The SMILES string of the molecule is FC(F)(F)c1ccc(N(CCBr)Cc2ccccc2)cc1. The van der Waals surface area contributed by atoms with E-state index < -0.39 is 11.7 Å². The predicted octanol–water partition coefficient (Wildman–Crippen LogP) is 5.11. The highest BCUT2D eigenvalue weighted by Gasteiger charge is 2.30. The van der Waals surface area contributed by atoms with Gasteiger partial charge in [-0.1, -0.05) is 46.3 Å². The lowest BCUT2D eigenvalue weighted by Gasteiger charge is -2.24. The first kappa shape index (κ1) is 15.9. The van der Waals surface area contributed by atoms with Gasteiger partial charge in [0.25, 0.3) is 0 Å². The van der Waals surface area contributed by atoms with Gasteiger partial charge in [0.1, 0.15) is 0 Å². The molecule has 1 nitrogen and oxygen atoms in total. The van der Waals surface area contributed by atoms with E-state index in [1.54, 1.807) is 0 Å². The fourth-order valence-electron chi connectivity index (χ4n) is 2.07. The van der Waals surface area contributed by atoms with Crippen molar-refractivity contribution >= 4 is 21.6 Å². The predicted molar refractivity (Wildman–Crippen MR) is 82.7 cm³/mol. The van der Waals surface area contributed by atoms with Crippen molar-refractivity contribution in [2.24, 2.45) is 0 Å². The molecule has 0 aliphatic heterocycles. The van der Waals surface area contributed by atoms with Crippen molar-refractivity contribution in [1.29, 1.82) is 0 Å². The van der Waals surface area contributed by atoms with Gasteiger partial charge in [-0.3, -0.25) is 0 Å². The molecule has 0 unspecified atom stereocenters. The third-order valence-corrected chi connectivity index (χ3v) is 3.49. The molecule has 0 aliphatic carbocycles. The summed E-state index contributed by atoms with van der Waals surface area (Å²) in [5, 5.41) is 0.751. The summed E-state index contributed by atoms with van der Waals surface area (Å²) in [4.78, 5) is 2.05. The molecule has 0 fully saturated rings. The van der Waals surface area contributed by atoms with Gasteiger partial charge < -0.3 is 4.90 Å². The van der Waals surface area contributed by atoms with E-state index in [-0.39, 0.29) is 0 Å². The highest BCUT2D eigenvalue weighted by Crippen LogP contribution is 2.30. The molecule has 0 aliphatic rings. The summed E-state index contributed by atoms with van der Waals surface area (Å²) in [6.45, 7) is 1.39. The van der Waals surface area contributed by atoms with E-state index in [2.05, 4.69) is 15.9 Å². The van der Waals surface area contributed by atoms with Gasteiger partial charge >= 0.3 is 6.18 Å². The third-order valence-electron chi connectivity index (χ3n) is 3.13. The summed E-state index contributed by atoms with van der Waals surface area (Å²) in [5.41, 5.74) is 1.29. The Hall–Kier alpha value is -1.49. The maximum absolute atomic E-state index is 12.6. The average Bonchev–Trinajstić information content (AvgIpc) is 2.47. The van der Waals surface area contributed by atoms with Crippen LogP contribution in [-0.4, -0.2) is 11.9 Å². The number of halogens is 4. The van der Waals surface area contributed by atoms with Crippen LogP contribution >= 0.6 is 15.9 Å². The van der Waals surface area contributed by atoms with E-state index in [1.165, 1.54) is 12.1 Å². The van der Waals surface area contributed by atoms with Gasteiger partial charge in [0.05, 0.1) is 5.56 Å². The van der Waals surface area contributed by atoms with Gasteiger partial charge in [0, 0.05) is 24.1 Å². The summed E-state index contributed by atoms with van der Waals surface area (Å²) in [7, 11) is 0. The summed E-state index contributed by atoms with van der Waals surface area (Å²) in [6, 6.07) is 15.2. The van der Waals surface area contributed by atoms with E-state index in [1.807, 2.05) is 35.2 Å². The van der Waals surface area contributed by atoms with Crippen molar-refractivity contribution < 1.29 is 13.2 Å². The molecule has 2 rings (SSSR count). The molecule has 0 heterocycles. The van der Waals surface area contributed by atoms with E-state index in [9.17, 15) is 13.2 Å². The highest BCUT2D eigenvalue weighted by atomic mass is 79.9. The van der Waals surface area contributed by atoms with E-state index in [0.29, 0.717) is 6.54 Å². The molecule has 0 atom stereocenters. The summed E-state index contributed by atoms with van der Waals surface area (Å²) < 4.78 is 37.8. The van der Waals surface area contributed by atoms with Crippen LogP contribution in [0.15, 0.2) is 54.6 Å². The molecule has 0 radical (unpaired) electrons. The molecule has 0 bridgehead atoms. The lowest BCUT2D eigenvalue weighted by atomic mass is 10.1. The van der Waals surface area contributed by atoms with Crippen LogP contribution in [0.25, 0.3) is 0 Å². The van der Waals surface area contributed by atoms with Crippen molar-refractivity contribution in [3.05, 3.63) is 65.7 Å². The third kappa shape index (κ3) is 4.49. The smallest absolute Gasteiger partial charge is 0.366 e. The van der Waals surface area contributed by atoms with Gasteiger partial charge in [0.15, 0.2) is 0 Å². The molecular formula is C16H15BrF3N. The first-order chi connectivity index (χ1) is 10.0. The van der Waals surface area contributed by atoms with Crippen molar-refractivity contribution in [3.63, 3.8) is 0 Å². The molecule has 5 heteroatoms. The van der Waals surface area contributed by atoms with Crippen LogP contribution in [0.3, 0.4) is 0 Å². The number of hydrogen-bond donors (Lipinski definition) is 0. The van der Waals surface area contributed by atoms with Gasteiger partial charge in [-0.15, -0.1) is 0 Å². The topological polar surface area (TPSA) is 3.24 Å². The number of hydrogen-bond acceptors (Lipinski definition) is 1. The fraction of sp³-hybridized carbons (Fsp3) is 0.250. The van der Waals surface area contributed by atoms with Crippen LogP contribution in [0.5, 0.6) is 0 Å². The van der Waals surface area contributed by atoms with Gasteiger partial charge in [-0.25, -0.2) is 0 Å².